The Morgan fingerprint density at radius 2 is 1.81 bits per heavy atom. The summed E-state index contributed by atoms with van der Waals surface area (Å²) in [6.45, 7) is 0. The van der Waals surface area contributed by atoms with E-state index < -0.39 is 0 Å². The summed E-state index contributed by atoms with van der Waals surface area (Å²) < 4.78 is 14.1. The van der Waals surface area contributed by atoms with Crippen molar-refractivity contribution in [3.63, 3.8) is 0 Å². The molecule has 6 nitrogen and oxygen atoms in total. The number of halogens is 2. The molecule has 3 rings (SSSR count). The van der Waals surface area contributed by atoms with E-state index in [1.54, 1.807) is 18.2 Å². The first kappa shape index (κ1) is 19.5. The third kappa shape index (κ3) is 5.59. The van der Waals surface area contributed by atoms with Gasteiger partial charge in [0.25, 0.3) is 5.91 Å². The third-order valence-corrected chi connectivity index (χ3v) is 5.86. The molecule has 0 aliphatic heterocycles. The predicted molar refractivity (Wildman–Crippen MR) is 108 cm³/mol. The third-order valence-electron chi connectivity index (χ3n) is 3.20. The van der Waals surface area contributed by atoms with Crippen molar-refractivity contribution in [2.45, 2.75) is 4.34 Å². The summed E-state index contributed by atoms with van der Waals surface area (Å²) in [5.74, 6) is -0.803. The highest BCUT2D eigenvalue weighted by Gasteiger charge is 2.13. The first-order chi connectivity index (χ1) is 13.0. The van der Waals surface area contributed by atoms with Crippen LogP contribution in [0.1, 0.15) is 10.4 Å². The lowest BCUT2D eigenvalue weighted by Crippen LogP contribution is -2.13. The summed E-state index contributed by atoms with van der Waals surface area (Å²) in [6, 6.07) is 12.6. The molecule has 10 heteroatoms. The van der Waals surface area contributed by atoms with E-state index in [0.717, 1.165) is 0 Å². The van der Waals surface area contributed by atoms with Gasteiger partial charge in [-0.05, 0) is 52.3 Å². The summed E-state index contributed by atoms with van der Waals surface area (Å²) in [5, 5.41) is 13.5. The highest BCUT2D eigenvalue weighted by atomic mass is 79.9. The molecule has 0 saturated heterocycles. The van der Waals surface area contributed by atoms with Gasteiger partial charge in [-0.25, -0.2) is 4.39 Å². The van der Waals surface area contributed by atoms with Crippen LogP contribution in [-0.2, 0) is 4.79 Å². The van der Waals surface area contributed by atoms with Crippen LogP contribution in [0.15, 0.2) is 57.3 Å². The van der Waals surface area contributed by atoms with Crippen LogP contribution in [0.25, 0.3) is 0 Å². The van der Waals surface area contributed by atoms with Crippen LogP contribution in [0.5, 0.6) is 0 Å². The second kappa shape index (κ2) is 9.07. The molecule has 0 spiro atoms. The maximum Gasteiger partial charge on any atom is 0.258 e. The molecule has 2 N–H and O–H groups in total. The second-order valence-electron chi connectivity index (χ2n) is 5.15. The summed E-state index contributed by atoms with van der Waals surface area (Å²) >= 11 is 5.70. The van der Waals surface area contributed by atoms with Gasteiger partial charge < -0.3 is 5.32 Å². The van der Waals surface area contributed by atoms with Gasteiger partial charge in [-0.15, -0.1) is 10.2 Å². The summed E-state index contributed by atoms with van der Waals surface area (Å²) in [6.07, 6.45) is 0. The van der Waals surface area contributed by atoms with E-state index in [-0.39, 0.29) is 23.4 Å². The highest BCUT2D eigenvalue weighted by Crippen LogP contribution is 2.26. The molecule has 3 aromatic rings. The van der Waals surface area contributed by atoms with Gasteiger partial charge in [-0.2, -0.15) is 0 Å². The van der Waals surface area contributed by atoms with Crippen molar-refractivity contribution in [1.29, 1.82) is 0 Å². The number of amides is 2. The molecule has 27 heavy (non-hydrogen) atoms. The van der Waals surface area contributed by atoms with Crippen LogP contribution < -0.4 is 10.6 Å². The van der Waals surface area contributed by atoms with Crippen molar-refractivity contribution in [3.05, 3.63) is 64.4 Å². The van der Waals surface area contributed by atoms with Crippen LogP contribution >= 0.6 is 39.0 Å². The zero-order valence-electron chi connectivity index (χ0n) is 13.6. The Kier molecular flexibility index (Phi) is 6.54. The molecule has 2 aromatic carbocycles. The number of hydrogen-bond acceptors (Lipinski definition) is 6. The number of thioether (sulfide) groups is 1. The highest BCUT2D eigenvalue weighted by molar-refractivity contribution is 9.10. The SMILES string of the molecule is O=C(CSc1nnc(NC(=O)c2ccccc2Br)s1)Nc1ccc(F)cc1. The topological polar surface area (TPSA) is 84.0 Å². The number of carbonyl (C=O) groups excluding carboxylic acids is 2. The molecule has 2 amide bonds. The molecular weight excluding hydrogens is 455 g/mol. The van der Waals surface area contributed by atoms with Gasteiger partial charge in [-0.1, -0.05) is 35.2 Å². The average Bonchev–Trinajstić information content (AvgIpc) is 3.09. The zero-order chi connectivity index (χ0) is 19.2. The van der Waals surface area contributed by atoms with Crippen LogP contribution in [-0.4, -0.2) is 27.8 Å². The van der Waals surface area contributed by atoms with Gasteiger partial charge in [0.15, 0.2) is 4.34 Å². The number of nitrogens with zero attached hydrogens (tertiary/aromatic N) is 2. The van der Waals surface area contributed by atoms with Crippen LogP contribution in [0.3, 0.4) is 0 Å². The fourth-order valence-electron chi connectivity index (χ4n) is 1.99. The number of hydrogen-bond donors (Lipinski definition) is 2. The number of nitrogens with one attached hydrogen (secondary N) is 2. The zero-order valence-corrected chi connectivity index (χ0v) is 16.8. The minimum atomic E-state index is -0.367. The van der Waals surface area contributed by atoms with Gasteiger partial charge >= 0.3 is 0 Å². The van der Waals surface area contributed by atoms with Crippen LogP contribution in [0.2, 0.25) is 0 Å². The molecular formula is C17H12BrFN4O2S2. The van der Waals surface area contributed by atoms with E-state index >= 15 is 0 Å². The lowest BCUT2D eigenvalue weighted by molar-refractivity contribution is -0.113. The smallest absolute Gasteiger partial charge is 0.258 e. The monoisotopic (exact) mass is 466 g/mol. The van der Waals surface area contributed by atoms with Gasteiger partial charge in [0, 0.05) is 10.2 Å². The Balaban J connectivity index is 1.52. The lowest BCUT2D eigenvalue weighted by atomic mass is 10.2. The predicted octanol–water partition coefficient (Wildman–Crippen LogP) is 4.42. The normalized spacial score (nSPS) is 10.4. The Hall–Kier alpha value is -2.30. The number of benzene rings is 2. The Labute approximate surface area is 170 Å². The molecule has 138 valence electrons. The minimum absolute atomic E-state index is 0.115. The fourth-order valence-corrected chi connectivity index (χ4v) is 4.00. The molecule has 0 radical (unpaired) electrons. The Morgan fingerprint density at radius 3 is 2.56 bits per heavy atom. The van der Waals surface area contributed by atoms with E-state index in [2.05, 4.69) is 36.8 Å². The van der Waals surface area contributed by atoms with Crippen molar-refractivity contribution >= 4 is 61.7 Å². The van der Waals surface area contributed by atoms with Crippen molar-refractivity contribution in [2.24, 2.45) is 0 Å². The first-order valence-corrected chi connectivity index (χ1v) is 10.2. The van der Waals surface area contributed by atoms with Gasteiger partial charge in [-0.3, -0.25) is 14.9 Å². The largest absolute Gasteiger partial charge is 0.325 e. The maximum absolute atomic E-state index is 12.9. The molecule has 0 aliphatic rings. The quantitative estimate of drug-likeness (QED) is 0.414. The molecule has 0 atom stereocenters. The summed E-state index contributed by atoms with van der Waals surface area (Å²) in [7, 11) is 0. The fraction of sp³-hybridized carbons (Fsp3) is 0.0588. The Morgan fingerprint density at radius 1 is 1.07 bits per heavy atom. The van der Waals surface area contributed by atoms with Gasteiger partial charge in [0.2, 0.25) is 11.0 Å². The molecule has 0 fully saturated rings. The second-order valence-corrected chi connectivity index (χ2v) is 8.21. The molecule has 0 bridgehead atoms. The van der Waals surface area contributed by atoms with Crippen LogP contribution in [0.4, 0.5) is 15.2 Å². The molecule has 0 saturated carbocycles. The Bertz CT molecular complexity index is 966. The molecule has 1 heterocycles. The van der Waals surface area contributed by atoms with Crippen LogP contribution in [0, 0.1) is 5.82 Å². The average molecular weight is 467 g/mol. The van der Waals surface area contributed by atoms with Gasteiger partial charge in [0.1, 0.15) is 5.82 Å². The van der Waals surface area contributed by atoms with Crippen molar-refractivity contribution in [3.8, 4) is 0 Å². The van der Waals surface area contributed by atoms with E-state index in [1.165, 1.54) is 47.4 Å². The first-order valence-electron chi connectivity index (χ1n) is 7.59. The molecule has 0 aliphatic carbocycles. The van der Waals surface area contributed by atoms with E-state index in [9.17, 15) is 14.0 Å². The van der Waals surface area contributed by atoms with E-state index in [1.807, 2.05) is 6.07 Å². The minimum Gasteiger partial charge on any atom is -0.325 e. The number of rotatable bonds is 6. The number of carbonyl (C=O) groups is 2. The van der Waals surface area contributed by atoms with Gasteiger partial charge in [0.05, 0.1) is 11.3 Å². The van der Waals surface area contributed by atoms with E-state index in [4.69, 9.17) is 0 Å². The lowest BCUT2D eigenvalue weighted by Gasteiger charge is -2.03. The molecule has 0 unspecified atom stereocenters. The summed E-state index contributed by atoms with van der Waals surface area (Å²) in [4.78, 5) is 24.2. The van der Waals surface area contributed by atoms with Crippen molar-refractivity contribution in [1.82, 2.24) is 10.2 Å². The summed E-state index contributed by atoms with van der Waals surface area (Å²) in [5.41, 5.74) is 1.00. The van der Waals surface area contributed by atoms with Crippen molar-refractivity contribution in [2.75, 3.05) is 16.4 Å². The molecule has 1 aromatic heterocycles. The maximum atomic E-state index is 12.9. The number of anilines is 2. The standard InChI is InChI=1S/C17H12BrFN4O2S2/c18-13-4-2-1-3-12(13)15(25)21-16-22-23-17(27-16)26-9-14(24)20-11-7-5-10(19)6-8-11/h1-8H,9H2,(H,20,24)(H,21,22,25). The number of aromatic nitrogens is 2. The van der Waals surface area contributed by atoms with Crippen molar-refractivity contribution < 1.29 is 14.0 Å². The van der Waals surface area contributed by atoms with E-state index in [0.29, 0.717) is 25.2 Å².